The summed E-state index contributed by atoms with van der Waals surface area (Å²) in [6.07, 6.45) is 2.82. The van der Waals surface area contributed by atoms with E-state index in [0.29, 0.717) is 11.6 Å². The first-order valence-corrected chi connectivity index (χ1v) is 8.56. The van der Waals surface area contributed by atoms with E-state index < -0.39 is 0 Å². The molecule has 1 spiro atoms. The molecule has 23 heavy (non-hydrogen) atoms. The molecule has 4 rings (SSSR count). The number of rotatable bonds is 3. The van der Waals surface area contributed by atoms with Gasteiger partial charge in [0, 0.05) is 43.6 Å². The van der Waals surface area contributed by atoms with Gasteiger partial charge >= 0.3 is 0 Å². The molecule has 2 saturated heterocycles. The highest BCUT2D eigenvalue weighted by molar-refractivity contribution is 8.01. The number of carbonyl (C=O) groups is 1. The van der Waals surface area contributed by atoms with Crippen LogP contribution in [0.3, 0.4) is 0 Å². The molecule has 0 N–H and O–H groups in total. The Morgan fingerprint density at radius 3 is 3.04 bits per heavy atom. The molecule has 0 aromatic carbocycles. The lowest BCUT2D eigenvalue weighted by Crippen LogP contribution is -2.60. The first-order valence-electron chi connectivity index (χ1n) is 7.58. The molecular formula is C16H17N3O3S. The summed E-state index contributed by atoms with van der Waals surface area (Å²) in [6, 6.07) is 7.35. The fourth-order valence-electron chi connectivity index (χ4n) is 3.10. The summed E-state index contributed by atoms with van der Waals surface area (Å²) in [7, 11) is 0. The molecule has 0 aliphatic carbocycles. The molecule has 0 saturated carbocycles. The van der Waals surface area contributed by atoms with Crippen molar-refractivity contribution in [3.05, 3.63) is 41.9 Å². The maximum atomic E-state index is 12.3. The smallest absolute Gasteiger partial charge is 0.292 e. The predicted molar refractivity (Wildman–Crippen MR) is 85.6 cm³/mol. The topological polar surface area (TPSA) is 68.5 Å². The molecule has 1 atom stereocenters. The number of carbonyl (C=O) groups excluding carboxylic acids is 1. The Kier molecular flexibility index (Phi) is 3.52. The van der Waals surface area contributed by atoms with Crippen LogP contribution in [-0.4, -0.2) is 50.6 Å². The van der Waals surface area contributed by atoms with Crippen molar-refractivity contribution >= 4 is 17.7 Å². The normalized spacial score (nSPS) is 22.1. The quantitative estimate of drug-likeness (QED) is 0.858. The van der Waals surface area contributed by atoms with Crippen LogP contribution < -0.4 is 4.74 Å². The van der Waals surface area contributed by atoms with Gasteiger partial charge in [-0.1, -0.05) is 11.2 Å². The van der Waals surface area contributed by atoms with Crippen molar-refractivity contribution in [2.45, 2.75) is 24.2 Å². The summed E-state index contributed by atoms with van der Waals surface area (Å²) in [5.41, 5.74) is 0.725. The highest BCUT2D eigenvalue weighted by Crippen LogP contribution is 2.46. The van der Waals surface area contributed by atoms with Crippen LogP contribution in [0.15, 0.2) is 35.0 Å². The molecule has 6 nitrogen and oxygen atoms in total. The summed E-state index contributed by atoms with van der Waals surface area (Å²) in [4.78, 5) is 18.3. The van der Waals surface area contributed by atoms with Crippen molar-refractivity contribution in [2.24, 2.45) is 0 Å². The van der Waals surface area contributed by atoms with Gasteiger partial charge in [-0.15, -0.1) is 11.8 Å². The minimum atomic E-state index is -0.0779. The highest BCUT2D eigenvalue weighted by Gasteiger charge is 2.51. The van der Waals surface area contributed by atoms with Gasteiger partial charge in [-0.25, -0.2) is 4.98 Å². The summed E-state index contributed by atoms with van der Waals surface area (Å²) >= 11 is 1.89. The van der Waals surface area contributed by atoms with Crippen molar-refractivity contribution in [1.82, 2.24) is 15.0 Å². The van der Waals surface area contributed by atoms with Gasteiger partial charge in [0.2, 0.25) is 11.6 Å². The zero-order valence-electron chi connectivity index (χ0n) is 12.8. The Bertz CT molecular complexity index is 712. The summed E-state index contributed by atoms with van der Waals surface area (Å²) in [5.74, 6) is 1.84. The van der Waals surface area contributed by atoms with E-state index in [1.54, 1.807) is 12.3 Å². The van der Waals surface area contributed by atoms with E-state index in [1.807, 2.05) is 41.8 Å². The van der Waals surface area contributed by atoms with Gasteiger partial charge in [0.15, 0.2) is 0 Å². The van der Waals surface area contributed by atoms with Gasteiger partial charge < -0.3 is 14.2 Å². The van der Waals surface area contributed by atoms with E-state index in [-0.39, 0.29) is 16.8 Å². The second-order valence-electron chi connectivity index (χ2n) is 6.10. The Balaban J connectivity index is 1.33. The molecule has 2 aromatic heterocycles. The van der Waals surface area contributed by atoms with Gasteiger partial charge in [0.1, 0.15) is 6.10 Å². The molecule has 120 valence electrons. The number of thioether (sulfide) groups is 1. The number of pyridine rings is 1. The molecule has 2 aromatic rings. The molecular weight excluding hydrogens is 314 g/mol. The van der Waals surface area contributed by atoms with Crippen LogP contribution in [0.5, 0.6) is 5.88 Å². The maximum Gasteiger partial charge on any atom is 0.292 e. The highest BCUT2D eigenvalue weighted by atomic mass is 32.2. The van der Waals surface area contributed by atoms with E-state index in [2.05, 4.69) is 10.1 Å². The van der Waals surface area contributed by atoms with Crippen LogP contribution in [0, 0.1) is 6.92 Å². The molecule has 0 radical (unpaired) electrons. The van der Waals surface area contributed by atoms with Crippen LogP contribution in [0.2, 0.25) is 0 Å². The van der Waals surface area contributed by atoms with Crippen LogP contribution in [-0.2, 0) is 0 Å². The van der Waals surface area contributed by atoms with E-state index in [0.717, 1.165) is 31.0 Å². The zero-order chi connectivity index (χ0) is 15.9. The van der Waals surface area contributed by atoms with E-state index in [4.69, 9.17) is 9.26 Å². The third-order valence-electron chi connectivity index (χ3n) is 4.18. The average Bonchev–Trinajstić information content (AvgIpc) is 3.13. The molecule has 7 heteroatoms. The zero-order valence-corrected chi connectivity index (χ0v) is 13.6. The van der Waals surface area contributed by atoms with Crippen LogP contribution in [0.4, 0.5) is 0 Å². The lowest BCUT2D eigenvalue weighted by molar-refractivity contribution is 0.0476. The lowest BCUT2D eigenvalue weighted by Gasteiger charge is -2.46. The number of ether oxygens (including phenoxy) is 1. The van der Waals surface area contributed by atoms with Crippen LogP contribution in [0.1, 0.15) is 22.7 Å². The number of nitrogens with zero attached hydrogens (tertiary/aromatic N) is 3. The molecule has 2 aliphatic rings. The molecule has 2 fully saturated rings. The Hall–Kier alpha value is -2.02. The van der Waals surface area contributed by atoms with Crippen molar-refractivity contribution in [3.8, 4) is 5.88 Å². The fourth-order valence-corrected chi connectivity index (χ4v) is 4.62. The SMILES string of the molecule is Cc1cc(C(=O)N2CC3(CC(Oc4ccccn4)CS3)C2)on1. The average molecular weight is 331 g/mol. The number of hydrogen-bond acceptors (Lipinski definition) is 6. The van der Waals surface area contributed by atoms with Gasteiger partial charge in [-0.05, 0) is 13.0 Å². The maximum absolute atomic E-state index is 12.3. The number of aryl methyl sites for hydroxylation is 1. The minimum Gasteiger partial charge on any atom is -0.473 e. The van der Waals surface area contributed by atoms with Crippen molar-refractivity contribution in [1.29, 1.82) is 0 Å². The van der Waals surface area contributed by atoms with Crippen molar-refractivity contribution < 1.29 is 14.1 Å². The Morgan fingerprint density at radius 1 is 1.48 bits per heavy atom. The fraction of sp³-hybridized carbons (Fsp3) is 0.438. The second-order valence-corrected chi connectivity index (χ2v) is 7.59. The largest absolute Gasteiger partial charge is 0.473 e. The van der Waals surface area contributed by atoms with Crippen molar-refractivity contribution in [3.63, 3.8) is 0 Å². The third-order valence-corrected chi connectivity index (χ3v) is 5.76. The van der Waals surface area contributed by atoms with E-state index >= 15 is 0 Å². The molecule has 0 bridgehead atoms. The Labute approximate surface area is 138 Å². The summed E-state index contributed by atoms with van der Waals surface area (Å²) in [5, 5.41) is 3.77. The van der Waals surface area contributed by atoms with Gasteiger partial charge in [0.05, 0.1) is 10.4 Å². The minimum absolute atomic E-state index is 0.0779. The summed E-state index contributed by atoms with van der Waals surface area (Å²) in [6.45, 7) is 3.28. The van der Waals surface area contributed by atoms with Gasteiger partial charge in [-0.2, -0.15) is 0 Å². The Morgan fingerprint density at radius 2 is 2.35 bits per heavy atom. The van der Waals surface area contributed by atoms with Gasteiger partial charge in [-0.3, -0.25) is 4.79 Å². The van der Waals surface area contributed by atoms with Crippen molar-refractivity contribution in [2.75, 3.05) is 18.8 Å². The summed E-state index contributed by atoms with van der Waals surface area (Å²) < 4.78 is 11.1. The number of amides is 1. The number of aromatic nitrogens is 2. The van der Waals surface area contributed by atoms with Crippen LogP contribution >= 0.6 is 11.8 Å². The lowest BCUT2D eigenvalue weighted by atomic mass is 9.92. The van der Waals surface area contributed by atoms with E-state index in [1.165, 1.54) is 0 Å². The molecule has 2 aliphatic heterocycles. The standard InChI is InChI=1S/C16H17N3O3S/c1-11-6-13(22-18-11)15(20)19-9-16(10-19)7-12(8-23-16)21-14-4-2-3-5-17-14/h2-6,12H,7-10H2,1H3. The van der Waals surface area contributed by atoms with Crippen LogP contribution in [0.25, 0.3) is 0 Å². The first kappa shape index (κ1) is 14.6. The monoisotopic (exact) mass is 331 g/mol. The molecule has 1 unspecified atom stereocenters. The first-order chi connectivity index (χ1) is 11.1. The number of likely N-dealkylation sites (tertiary alicyclic amines) is 1. The van der Waals surface area contributed by atoms with Gasteiger partial charge in [0.25, 0.3) is 5.91 Å². The number of hydrogen-bond donors (Lipinski definition) is 0. The molecule has 1 amide bonds. The second kappa shape index (κ2) is 5.56. The van der Waals surface area contributed by atoms with E-state index in [9.17, 15) is 4.79 Å². The third kappa shape index (κ3) is 2.81. The molecule has 4 heterocycles. The predicted octanol–water partition coefficient (Wildman–Crippen LogP) is 2.16.